The summed E-state index contributed by atoms with van der Waals surface area (Å²) in [7, 11) is 0. The quantitative estimate of drug-likeness (QED) is 0.298. The van der Waals surface area contributed by atoms with Crippen LogP contribution < -0.4 is 16.0 Å². The molecular weight excluding hydrogens is 1430 g/mol. The standard InChI is InChI=1S/C11H23N4.14Y/c1-11-9-14-7-5-12-3-2-4-13-6-8-15-10-11;;;;;;;;;;;;;;/h2,12-14H,3-10H2,1H3;;;;;;;;;;;;;;/q-3;;;;;;;;;;;;;;. The van der Waals surface area contributed by atoms with Gasteiger partial charge in [0, 0.05) is 471 Å². The van der Waals surface area contributed by atoms with E-state index in [1.165, 1.54) is 5.92 Å². The first kappa shape index (κ1) is 90.5. The van der Waals surface area contributed by atoms with Crippen molar-refractivity contribution >= 4 is 0 Å². The molecule has 4 nitrogen and oxygen atoms in total. The van der Waals surface area contributed by atoms with Crippen molar-refractivity contribution in [2.45, 2.75) is 6.92 Å². The fraction of sp³-hybridized carbons (Fsp3) is 0.818. The predicted octanol–water partition coefficient (Wildman–Crippen LogP) is -0.0938. The van der Waals surface area contributed by atoms with E-state index in [1.807, 2.05) is 0 Å². The second-order valence-electron chi connectivity index (χ2n) is 3.94. The third-order valence-corrected chi connectivity index (χ3v) is 2.31. The Hall–Kier alpha value is 15.3. The van der Waals surface area contributed by atoms with Gasteiger partial charge in [0.15, 0.2) is 0 Å². The fourth-order valence-electron chi connectivity index (χ4n) is 1.44. The molecule has 0 aromatic carbocycles. The first-order valence-corrected chi connectivity index (χ1v) is 5.78. The van der Waals surface area contributed by atoms with Crippen LogP contribution in [0.1, 0.15) is 6.92 Å². The van der Waals surface area contributed by atoms with Crippen LogP contribution in [0.25, 0.3) is 5.32 Å². The summed E-state index contributed by atoms with van der Waals surface area (Å²) in [6, 6.07) is 0. The molecule has 0 aliphatic carbocycles. The molecular formula is C11H23N4Y14-3. The average molecular weight is 1460 g/mol. The predicted molar refractivity (Wildman–Crippen MR) is 64.9 cm³/mol. The smallest absolute Gasteiger partial charge is 0.00483 e. The summed E-state index contributed by atoms with van der Waals surface area (Å²) in [5.41, 5.74) is 0. The molecule has 0 aromatic rings. The molecule has 132 valence electrons. The maximum Gasteiger partial charge on any atom is 0.00483 e. The minimum atomic E-state index is 0. The van der Waals surface area contributed by atoms with Gasteiger partial charge in [0.2, 0.25) is 0 Å². The summed E-state index contributed by atoms with van der Waals surface area (Å²) >= 11 is 0. The summed E-state index contributed by atoms with van der Waals surface area (Å²) < 4.78 is 0. The molecule has 1 fully saturated rings. The van der Waals surface area contributed by atoms with E-state index >= 15 is 0 Å². The Morgan fingerprint density at radius 2 is 0.966 bits per heavy atom. The molecule has 1 saturated heterocycles. The Balaban J connectivity index is -0.0000000134. The average Bonchev–Trinajstić information content (AvgIpc) is 2.24. The number of nitrogens with zero attached hydrogens (tertiary/aromatic N) is 1. The Kier molecular flexibility index (Phi) is 247. The molecule has 0 amide bonds. The molecule has 1 aliphatic heterocycles. The molecule has 14 radical (unpaired) electrons. The van der Waals surface area contributed by atoms with Gasteiger partial charge >= 0.3 is 0 Å². The normalized spacial score (nSPS) is 12.7. The molecule has 3 N–H and O–H groups in total. The van der Waals surface area contributed by atoms with Gasteiger partial charge in [-0.05, 0) is 6.54 Å². The van der Waals surface area contributed by atoms with E-state index < -0.39 is 0 Å². The van der Waals surface area contributed by atoms with E-state index in [9.17, 15) is 0 Å². The van der Waals surface area contributed by atoms with E-state index in [-0.39, 0.29) is 458 Å². The van der Waals surface area contributed by atoms with Crippen LogP contribution in [-0.4, -0.2) is 52.4 Å². The third-order valence-electron chi connectivity index (χ3n) is 2.31. The van der Waals surface area contributed by atoms with Gasteiger partial charge in [0.1, 0.15) is 0 Å². The number of rotatable bonds is 0. The first-order valence-electron chi connectivity index (χ1n) is 5.78. The van der Waals surface area contributed by atoms with Crippen molar-refractivity contribution in [3.05, 3.63) is 17.7 Å². The SMILES string of the molecule is C[C-]1C[N-]CCNC[CH-]CNCCNC1.[Y].[Y].[Y].[Y].[Y].[Y].[Y].[Y].[Y].[Y].[Y].[Y].[Y].[Y]. The first-order chi connectivity index (χ1) is 7.39. The fourth-order valence-corrected chi connectivity index (χ4v) is 1.44. The van der Waals surface area contributed by atoms with Crippen LogP contribution in [0.2, 0.25) is 0 Å². The Bertz CT molecular complexity index is 156. The Labute approximate surface area is 533 Å². The van der Waals surface area contributed by atoms with Crippen LogP contribution in [0.4, 0.5) is 0 Å². The number of hydrogen-bond donors (Lipinski definition) is 3. The molecule has 0 spiro atoms. The van der Waals surface area contributed by atoms with Gasteiger partial charge < -0.3 is 33.6 Å². The van der Waals surface area contributed by atoms with Crippen LogP contribution in [0, 0.1) is 12.3 Å². The number of nitrogens with one attached hydrogen (secondary N) is 3. The number of hydrogen-bond acceptors (Lipinski definition) is 3. The van der Waals surface area contributed by atoms with Gasteiger partial charge in [-0.3, -0.25) is 6.54 Å². The third kappa shape index (κ3) is 75.4. The van der Waals surface area contributed by atoms with Gasteiger partial charge in [0.05, 0.1) is 0 Å². The van der Waals surface area contributed by atoms with Crippen LogP contribution >= 0.6 is 0 Å². The van der Waals surface area contributed by atoms with Crippen molar-refractivity contribution in [2.75, 3.05) is 52.4 Å². The molecule has 0 bridgehead atoms. The zero-order valence-electron chi connectivity index (χ0n) is 17.8. The molecule has 29 heavy (non-hydrogen) atoms. The van der Waals surface area contributed by atoms with Crippen LogP contribution in [0.15, 0.2) is 0 Å². The zero-order chi connectivity index (χ0) is 10.8. The van der Waals surface area contributed by atoms with Crippen LogP contribution in [-0.2, 0) is 458 Å². The molecule has 0 unspecified atom stereocenters. The maximum absolute atomic E-state index is 4.47. The molecule has 1 heterocycles. The van der Waals surface area contributed by atoms with E-state index in [4.69, 9.17) is 0 Å². The van der Waals surface area contributed by atoms with Crippen LogP contribution in [0.3, 0.4) is 0 Å². The monoisotopic (exact) mass is 1460 g/mol. The van der Waals surface area contributed by atoms with Crippen molar-refractivity contribution in [1.82, 2.24) is 16.0 Å². The summed E-state index contributed by atoms with van der Waals surface area (Å²) in [4.78, 5) is 0. The molecule has 1 aliphatic rings. The van der Waals surface area contributed by atoms with Crippen LogP contribution in [0.5, 0.6) is 0 Å². The van der Waals surface area contributed by atoms with Crippen molar-refractivity contribution in [3.8, 4) is 0 Å². The van der Waals surface area contributed by atoms with Crippen molar-refractivity contribution in [3.63, 3.8) is 0 Å². The summed E-state index contributed by atoms with van der Waals surface area (Å²) in [5, 5.41) is 14.6. The second-order valence-corrected chi connectivity index (χ2v) is 3.94. The Morgan fingerprint density at radius 3 is 1.41 bits per heavy atom. The van der Waals surface area contributed by atoms with Crippen molar-refractivity contribution < 1.29 is 458 Å². The van der Waals surface area contributed by atoms with Gasteiger partial charge in [0.25, 0.3) is 0 Å². The summed E-state index contributed by atoms with van der Waals surface area (Å²) in [5.74, 6) is 1.42. The topological polar surface area (TPSA) is 50.2 Å². The van der Waals surface area contributed by atoms with Gasteiger partial charge in [-0.2, -0.15) is 6.92 Å². The molecule has 0 atom stereocenters. The zero-order valence-corrected chi connectivity index (χ0v) is 57.5. The summed E-state index contributed by atoms with van der Waals surface area (Å²) in [6.07, 6.45) is 2.23. The van der Waals surface area contributed by atoms with Gasteiger partial charge in [-0.1, -0.05) is 0 Å². The van der Waals surface area contributed by atoms with E-state index in [0.717, 1.165) is 52.4 Å². The van der Waals surface area contributed by atoms with Crippen molar-refractivity contribution in [1.29, 1.82) is 0 Å². The van der Waals surface area contributed by atoms with E-state index in [0.29, 0.717) is 0 Å². The minimum Gasteiger partial charge on any atom is -0.687 e. The van der Waals surface area contributed by atoms with Crippen molar-refractivity contribution in [2.24, 2.45) is 0 Å². The largest absolute Gasteiger partial charge is 0.687 e. The molecule has 1 rings (SSSR count). The molecule has 0 aromatic heterocycles. The van der Waals surface area contributed by atoms with E-state index in [1.54, 1.807) is 0 Å². The van der Waals surface area contributed by atoms with Gasteiger partial charge in [-0.25, -0.2) is 0 Å². The van der Waals surface area contributed by atoms with Gasteiger partial charge in [-0.15, -0.1) is 26.2 Å². The maximum atomic E-state index is 4.47. The Morgan fingerprint density at radius 1 is 0.586 bits per heavy atom. The molecule has 18 heteroatoms. The van der Waals surface area contributed by atoms with E-state index in [2.05, 4.69) is 34.6 Å². The molecule has 0 saturated carbocycles. The minimum absolute atomic E-state index is 0. The summed E-state index contributed by atoms with van der Waals surface area (Å²) in [6.45, 7) is 9.95. The second kappa shape index (κ2) is 79.1.